The molecule has 12 N–H and O–H groups in total. The Balaban J connectivity index is 2.88. The Labute approximate surface area is 174 Å². The van der Waals surface area contributed by atoms with Gasteiger partial charge in [-0.05, 0) is 25.5 Å². The van der Waals surface area contributed by atoms with Crippen LogP contribution in [-0.2, 0) is 14.3 Å². The lowest BCUT2D eigenvalue weighted by Gasteiger charge is -2.38. The highest BCUT2D eigenvalue weighted by molar-refractivity contribution is 5.85. The van der Waals surface area contributed by atoms with Gasteiger partial charge in [-0.3, -0.25) is 0 Å². The molecule has 0 unspecified atom stereocenters. The summed E-state index contributed by atoms with van der Waals surface area (Å²) < 4.78 is 10.5. The number of carbonyl (C=O) groups is 2. The molecule has 0 fully saturated rings. The fourth-order valence-corrected chi connectivity index (χ4v) is 2.88. The van der Waals surface area contributed by atoms with Crippen molar-refractivity contribution in [2.75, 3.05) is 19.7 Å². The molecule has 1 aliphatic heterocycles. The summed E-state index contributed by atoms with van der Waals surface area (Å²) in [6.45, 7) is 0.133. The van der Waals surface area contributed by atoms with Crippen molar-refractivity contribution < 1.29 is 34.4 Å². The molecular weight excluding hydrogens is 400 g/mol. The fraction of sp³-hybridized carbons (Fsp3) is 0.706. The van der Waals surface area contributed by atoms with Crippen LogP contribution in [0.1, 0.15) is 25.7 Å². The summed E-state index contributed by atoms with van der Waals surface area (Å²) in [5.74, 6) is -2.30. The number of aliphatic imine (C=N–C) groups is 1. The minimum Gasteiger partial charge on any atom is -0.478 e. The van der Waals surface area contributed by atoms with Gasteiger partial charge in [0, 0.05) is 6.54 Å². The number of rotatable bonds is 12. The molecule has 0 aromatic heterocycles. The number of alkyl carbamates (subject to hydrolysis) is 1. The van der Waals surface area contributed by atoms with Crippen LogP contribution in [0.2, 0.25) is 0 Å². The molecule has 0 aromatic rings. The quantitative estimate of drug-likeness (QED) is 0.0895. The second-order valence-corrected chi connectivity index (χ2v) is 6.79. The number of aliphatic hydroxyl groups is 2. The van der Waals surface area contributed by atoms with Gasteiger partial charge in [0.25, 0.3) is 0 Å². The average molecular weight is 432 g/mol. The zero-order chi connectivity index (χ0) is 22.7. The molecule has 5 atom stereocenters. The number of hydrogen-bond acceptors (Lipinski definition) is 9. The molecule has 1 amide bonds. The maximum absolute atomic E-state index is 12.1. The topological polar surface area (TPSA) is 242 Å². The van der Waals surface area contributed by atoms with Crippen LogP contribution in [0.4, 0.5) is 4.79 Å². The zero-order valence-corrected chi connectivity index (χ0v) is 16.6. The highest BCUT2D eigenvalue weighted by Crippen LogP contribution is 2.25. The normalized spacial score (nSPS) is 22.8. The summed E-state index contributed by atoms with van der Waals surface area (Å²) >= 11 is 0. The standard InChI is InChI=1S/C17H32N6O7/c18-5-3-1-2-4-6-22-17(28)30-13(10(25)8-24)14-12(19)9(23-16(20)21)7-11(29-14)15(26)27/h7,9-10,12-14,24-25H,1-6,8,18-19H2,(H,22,28)(H,26,27)(H4,20,21,23)/t9-,10+,12+,13+,14+/m0/s1. The Morgan fingerprint density at radius 1 is 1.27 bits per heavy atom. The molecule has 172 valence electrons. The number of nitrogens with two attached hydrogens (primary N) is 4. The third kappa shape index (κ3) is 8.02. The molecule has 0 bridgehead atoms. The van der Waals surface area contributed by atoms with Crippen molar-refractivity contribution in [1.82, 2.24) is 5.32 Å². The Morgan fingerprint density at radius 3 is 2.50 bits per heavy atom. The zero-order valence-electron chi connectivity index (χ0n) is 16.6. The average Bonchev–Trinajstić information content (AvgIpc) is 2.69. The summed E-state index contributed by atoms with van der Waals surface area (Å²) in [5, 5.41) is 31.3. The maximum atomic E-state index is 12.1. The van der Waals surface area contributed by atoms with E-state index in [1.165, 1.54) is 0 Å². The van der Waals surface area contributed by atoms with Crippen LogP contribution >= 0.6 is 0 Å². The number of amides is 1. The van der Waals surface area contributed by atoms with Crippen LogP contribution < -0.4 is 28.3 Å². The summed E-state index contributed by atoms with van der Waals surface area (Å²) in [6, 6.07) is -2.09. The Hall–Kier alpha value is -2.61. The molecule has 0 saturated carbocycles. The minimum atomic E-state index is -1.59. The number of aliphatic hydroxyl groups excluding tert-OH is 2. The van der Waals surface area contributed by atoms with Gasteiger partial charge in [0.2, 0.25) is 5.76 Å². The van der Waals surface area contributed by atoms with Crippen LogP contribution in [0.25, 0.3) is 0 Å². The number of guanidine groups is 1. The predicted octanol–water partition coefficient (Wildman–Crippen LogP) is -2.71. The lowest BCUT2D eigenvalue weighted by Crippen LogP contribution is -2.58. The first-order valence-electron chi connectivity index (χ1n) is 9.60. The molecule has 13 nitrogen and oxygen atoms in total. The van der Waals surface area contributed by atoms with E-state index >= 15 is 0 Å². The SMILES string of the molecule is NCCCCCCNC(=O)O[C@@H]([C@@H]1OC(C(=O)O)=C[C@H](N=C(N)N)[C@H]1N)[C@H](O)CO. The van der Waals surface area contributed by atoms with Gasteiger partial charge in [-0.1, -0.05) is 12.8 Å². The molecule has 1 heterocycles. The molecule has 0 radical (unpaired) electrons. The Morgan fingerprint density at radius 2 is 1.93 bits per heavy atom. The first kappa shape index (κ1) is 25.4. The van der Waals surface area contributed by atoms with Crippen molar-refractivity contribution in [3.05, 3.63) is 11.8 Å². The summed E-state index contributed by atoms with van der Waals surface area (Å²) in [5.41, 5.74) is 22.2. The van der Waals surface area contributed by atoms with E-state index in [-0.39, 0.29) is 5.96 Å². The van der Waals surface area contributed by atoms with Crippen molar-refractivity contribution in [3.63, 3.8) is 0 Å². The van der Waals surface area contributed by atoms with Crippen LogP contribution in [0.15, 0.2) is 16.8 Å². The number of hydrogen-bond donors (Lipinski definition) is 8. The van der Waals surface area contributed by atoms with Gasteiger partial charge in [0.05, 0.1) is 18.7 Å². The molecule has 1 aliphatic rings. The van der Waals surface area contributed by atoms with E-state index < -0.39 is 54.8 Å². The molecule has 0 aliphatic carbocycles. The van der Waals surface area contributed by atoms with Gasteiger partial charge in [0.1, 0.15) is 6.10 Å². The number of aliphatic carboxylic acids is 1. The summed E-state index contributed by atoms with van der Waals surface area (Å²) in [4.78, 5) is 27.4. The van der Waals surface area contributed by atoms with Crippen LogP contribution in [0.3, 0.4) is 0 Å². The third-order valence-electron chi connectivity index (χ3n) is 4.40. The number of carbonyl (C=O) groups excluding carboxylic acids is 1. The molecule has 30 heavy (non-hydrogen) atoms. The molecule has 1 rings (SSSR count). The van der Waals surface area contributed by atoms with Gasteiger partial charge in [-0.15, -0.1) is 0 Å². The van der Waals surface area contributed by atoms with E-state index in [4.69, 9.17) is 32.4 Å². The first-order valence-corrected chi connectivity index (χ1v) is 9.60. The van der Waals surface area contributed by atoms with Gasteiger partial charge in [-0.25, -0.2) is 14.6 Å². The number of nitrogens with one attached hydrogen (secondary N) is 1. The smallest absolute Gasteiger partial charge is 0.407 e. The van der Waals surface area contributed by atoms with Crippen LogP contribution in [0, 0.1) is 0 Å². The number of nitrogens with zero attached hydrogens (tertiary/aromatic N) is 1. The van der Waals surface area contributed by atoms with E-state index in [1.54, 1.807) is 0 Å². The number of carboxylic acid groups (broad SMARTS) is 1. The molecule has 0 saturated heterocycles. The van der Waals surface area contributed by atoms with E-state index in [9.17, 15) is 24.9 Å². The second kappa shape index (κ2) is 12.8. The third-order valence-corrected chi connectivity index (χ3v) is 4.40. The van der Waals surface area contributed by atoms with Crippen molar-refractivity contribution in [1.29, 1.82) is 0 Å². The Bertz CT molecular complexity index is 626. The monoisotopic (exact) mass is 432 g/mol. The van der Waals surface area contributed by atoms with E-state index in [0.29, 0.717) is 19.5 Å². The van der Waals surface area contributed by atoms with Gasteiger partial charge in [-0.2, -0.15) is 0 Å². The lowest BCUT2D eigenvalue weighted by atomic mass is 9.93. The molecule has 0 aromatic carbocycles. The highest BCUT2D eigenvalue weighted by Gasteiger charge is 2.44. The summed E-state index contributed by atoms with van der Waals surface area (Å²) in [7, 11) is 0. The largest absolute Gasteiger partial charge is 0.478 e. The minimum absolute atomic E-state index is 0.319. The molecule has 0 spiro atoms. The molecule has 13 heteroatoms. The summed E-state index contributed by atoms with van der Waals surface area (Å²) in [6.07, 6.45) is -0.815. The fourth-order valence-electron chi connectivity index (χ4n) is 2.88. The van der Waals surface area contributed by atoms with Crippen molar-refractivity contribution in [2.45, 2.75) is 56.1 Å². The van der Waals surface area contributed by atoms with E-state index in [0.717, 1.165) is 25.3 Å². The van der Waals surface area contributed by atoms with Gasteiger partial charge < -0.3 is 53.0 Å². The highest BCUT2D eigenvalue weighted by atomic mass is 16.6. The lowest BCUT2D eigenvalue weighted by molar-refractivity contribution is -0.144. The Kier molecular flexibility index (Phi) is 10.9. The van der Waals surface area contributed by atoms with E-state index in [1.807, 2.05) is 0 Å². The van der Waals surface area contributed by atoms with Gasteiger partial charge >= 0.3 is 12.1 Å². The van der Waals surface area contributed by atoms with E-state index in [2.05, 4.69) is 10.3 Å². The number of ether oxygens (including phenoxy) is 2. The second-order valence-electron chi connectivity index (χ2n) is 6.79. The van der Waals surface area contributed by atoms with Crippen molar-refractivity contribution in [2.24, 2.45) is 27.9 Å². The predicted molar refractivity (Wildman–Crippen MR) is 107 cm³/mol. The maximum Gasteiger partial charge on any atom is 0.407 e. The number of carboxylic acids is 1. The number of unbranched alkanes of at least 4 members (excludes halogenated alkanes) is 3. The van der Waals surface area contributed by atoms with Crippen LogP contribution in [-0.4, -0.2) is 83.4 Å². The van der Waals surface area contributed by atoms with Crippen LogP contribution in [0.5, 0.6) is 0 Å². The van der Waals surface area contributed by atoms with Crippen molar-refractivity contribution in [3.8, 4) is 0 Å². The van der Waals surface area contributed by atoms with Gasteiger partial charge in [0.15, 0.2) is 18.2 Å². The first-order chi connectivity index (χ1) is 14.2. The van der Waals surface area contributed by atoms with Crippen molar-refractivity contribution >= 4 is 18.0 Å². The molecular formula is C17H32N6O7.